The van der Waals surface area contributed by atoms with Gasteiger partial charge < -0.3 is 25.0 Å². The zero-order chi connectivity index (χ0) is 20.3. The number of hydrogen-bond acceptors (Lipinski definition) is 4. The van der Waals surface area contributed by atoms with Crippen LogP contribution < -0.4 is 25.0 Å². The zero-order valence-electron chi connectivity index (χ0n) is 17.4. The van der Waals surface area contributed by atoms with Crippen LogP contribution in [-0.4, -0.2) is 52.4 Å². The number of nitrogens with one attached hydrogen (secondary N) is 2. The van der Waals surface area contributed by atoms with Crippen molar-refractivity contribution in [3.05, 3.63) is 54.6 Å². The Balaban J connectivity index is 1.46. The summed E-state index contributed by atoms with van der Waals surface area (Å²) in [5, 5.41) is 6.67. The van der Waals surface area contributed by atoms with Crippen molar-refractivity contribution in [2.75, 3.05) is 51.3 Å². The van der Waals surface area contributed by atoms with Gasteiger partial charge in [0.2, 0.25) is 0 Å². The maximum Gasteiger partial charge on any atom is 0.191 e. The normalized spacial score (nSPS) is 16.6. The highest BCUT2D eigenvalue weighted by molar-refractivity contribution is 5.79. The summed E-state index contributed by atoms with van der Waals surface area (Å²) >= 11 is 0. The zero-order valence-corrected chi connectivity index (χ0v) is 17.4. The number of anilines is 1. The monoisotopic (exact) mass is 396 g/mol. The fourth-order valence-electron chi connectivity index (χ4n) is 3.51. The molecule has 0 radical (unpaired) electrons. The van der Waals surface area contributed by atoms with Crippen molar-refractivity contribution in [3.8, 4) is 11.5 Å². The smallest absolute Gasteiger partial charge is 0.191 e. The molecule has 6 heteroatoms. The molecule has 1 unspecified atom stereocenters. The lowest BCUT2D eigenvalue weighted by atomic mass is 10.1. The van der Waals surface area contributed by atoms with Crippen molar-refractivity contribution in [1.82, 2.24) is 10.6 Å². The molecule has 29 heavy (non-hydrogen) atoms. The molecule has 6 nitrogen and oxygen atoms in total. The lowest BCUT2D eigenvalue weighted by molar-refractivity contribution is 0.322. The van der Waals surface area contributed by atoms with Gasteiger partial charge in [0.05, 0.1) is 19.3 Å². The molecule has 0 aliphatic carbocycles. The van der Waals surface area contributed by atoms with Crippen LogP contribution in [0.4, 0.5) is 5.69 Å². The van der Waals surface area contributed by atoms with Crippen molar-refractivity contribution in [2.45, 2.75) is 13.3 Å². The van der Waals surface area contributed by atoms with E-state index in [0.717, 1.165) is 50.1 Å². The first kappa shape index (κ1) is 20.8. The highest BCUT2D eigenvalue weighted by atomic mass is 16.5. The Kier molecular flexibility index (Phi) is 8.04. The average Bonchev–Trinajstić information content (AvgIpc) is 3.24. The van der Waals surface area contributed by atoms with E-state index in [4.69, 9.17) is 14.5 Å². The van der Waals surface area contributed by atoms with E-state index in [0.29, 0.717) is 19.1 Å². The standard InChI is InChI=1S/C23H32N4O2/c1-3-24-23(25-14-16-29-20-9-5-4-6-10-20)26-17-19-13-15-27(18-19)21-11-7-8-12-22(21)28-2/h4-12,19H,3,13-18H2,1-2H3,(H2,24,25,26). The number of rotatable bonds is 9. The van der Waals surface area contributed by atoms with Crippen LogP contribution >= 0.6 is 0 Å². The fraction of sp³-hybridized carbons (Fsp3) is 0.435. The van der Waals surface area contributed by atoms with Crippen LogP contribution in [0.5, 0.6) is 11.5 Å². The van der Waals surface area contributed by atoms with Gasteiger partial charge in [0.1, 0.15) is 18.1 Å². The summed E-state index contributed by atoms with van der Waals surface area (Å²) in [5.41, 5.74) is 1.17. The second kappa shape index (κ2) is 11.2. The molecule has 1 aliphatic heterocycles. The van der Waals surface area contributed by atoms with Crippen molar-refractivity contribution in [3.63, 3.8) is 0 Å². The number of methoxy groups -OCH3 is 1. The maximum absolute atomic E-state index is 5.73. The van der Waals surface area contributed by atoms with Crippen molar-refractivity contribution in [2.24, 2.45) is 10.9 Å². The molecule has 0 spiro atoms. The van der Waals surface area contributed by atoms with E-state index in [1.54, 1.807) is 7.11 Å². The molecule has 0 saturated carbocycles. The molecule has 1 fully saturated rings. The molecule has 1 saturated heterocycles. The first-order valence-corrected chi connectivity index (χ1v) is 10.4. The van der Waals surface area contributed by atoms with Crippen LogP contribution in [0, 0.1) is 5.92 Å². The Morgan fingerprint density at radius 3 is 2.69 bits per heavy atom. The summed E-state index contributed by atoms with van der Waals surface area (Å²) in [6.45, 7) is 7.06. The third-order valence-electron chi connectivity index (χ3n) is 4.97. The van der Waals surface area contributed by atoms with Gasteiger partial charge in [-0.1, -0.05) is 30.3 Å². The van der Waals surface area contributed by atoms with E-state index >= 15 is 0 Å². The minimum Gasteiger partial charge on any atom is -0.495 e. The summed E-state index contributed by atoms with van der Waals surface area (Å²) in [7, 11) is 1.73. The van der Waals surface area contributed by atoms with E-state index in [2.05, 4.69) is 34.6 Å². The molecule has 2 N–H and O–H groups in total. The molecule has 1 atom stereocenters. The van der Waals surface area contributed by atoms with Gasteiger partial charge >= 0.3 is 0 Å². The molecule has 156 valence electrons. The van der Waals surface area contributed by atoms with Gasteiger partial charge in [-0.25, -0.2) is 0 Å². The molecule has 0 bridgehead atoms. The average molecular weight is 397 g/mol. The second-order valence-electron chi connectivity index (χ2n) is 7.08. The van der Waals surface area contributed by atoms with E-state index < -0.39 is 0 Å². The first-order valence-electron chi connectivity index (χ1n) is 10.4. The van der Waals surface area contributed by atoms with Gasteiger partial charge in [-0.05, 0) is 43.5 Å². The van der Waals surface area contributed by atoms with Gasteiger partial charge in [0, 0.05) is 26.2 Å². The number of ether oxygens (including phenoxy) is 2. The maximum atomic E-state index is 5.73. The molecule has 3 rings (SSSR count). The third-order valence-corrected chi connectivity index (χ3v) is 4.97. The highest BCUT2D eigenvalue weighted by Gasteiger charge is 2.24. The lowest BCUT2D eigenvalue weighted by Crippen LogP contribution is -2.39. The predicted octanol–water partition coefficient (Wildman–Crippen LogP) is 3.16. The highest BCUT2D eigenvalue weighted by Crippen LogP contribution is 2.31. The minimum absolute atomic E-state index is 0.538. The van der Waals surface area contributed by atoms with Crippen LogP contribution in [0.25, 0.3) is 0 Å². The van der Waals surface area contributed by atoms with Gasteiger partial charge in [0.15, 0.2) is 5.96 Å². The van der Waals surface area contributed by atoms with E-state index in [-0.39, 0.29) is 0 Å². The van der Waals surface area contributed by atoms with Crippen LogP contribution in [-0.2, 0) is 0 Å². The van der Waals surface area contributed by atoms with Gasteiger partial charge in [-0.2, -0.15) is 0 Å². The second-order valence-corrected chi connectivity index (χ2v) is 7.08. The summed E-state index contributed by atoms with van der Waals surface area (Å²) in [4.78, 5) is 7.19. The Morgan fingerprint density at radius 2 is 1.90 bits per heavy atom. The summed E-state index contributed by atoms with van der Waals surface area (Å²) < 4.78 is 11.2. The summed E-state index contributed by atoms with van der Waals surface area (Å²) in [6.07, 6.45) is 1.14. The summed E-state index contributed by atoms with van der Waals surface area (Å²) in [6, 6.07) is 18.1. The van der Waals surface area contributed by atoms with Crippen molar-refractivity contribution < 1.29 is 9.47 Å². The Labute approximate surface area is 173 Å². The topological polar surface area (TPSA) is 58.1 Å². The molecule has 1 aliphatic rings. The van der Waals surface area contributed by atoms with Crippen LogP contribution in [0.15, 0.2) is 59.6 Å². The SMILES string of the molecule is CCNC(=NCC1CCN(c2ccccc2OC)C1)NCCOc1ccccc1. The number of guanidine groups is 1. The molecule has 0 amide bonds. The number of nitrogens with zero attached hydrogens (tertiary/aromatic N) is 2. The van der Waals surface area contributed by atoms with Crippen LogP contribution in [0.2, 0.25) is 0 Å². The number of benzene rings is 2. The molecular weight excluding hydrogens is 364 g/mol. The predicted molar refractivity (Wildman–Crippen MR) is 119 cm³/mol. The Bertz CT molecular complexity index is 766. The summed E-state index contributed by atoms with van der Waals surface area (Å²) in [5.74, 6) is 3.21. The molecular formula is C23H32N4O2. The largest absolute Gasteiger partial charge is 0.495 e. The van der Waals surface area contributed by atoms with Gasteiger partial charge in [-0.15, -0.1) is 0 Å². The van der Waals surface area contributed by atoms with Crippen molar-refractivity contribution >= 4 is 11.6 Å². The van der Waals surface area contributed by atoms with Crippen LogP contribution in [0.3, 0.4) is 0 Å². The van der Waals surface area contributed by atoms with Gasteiger partial charge in [0.25, 0.3) is 0 Å². The molecule has 2 aromatic carbocycles. The molecule has 1 heterocycles. The fourth-order valence-corrected chi connectivity index (χ4v) is 3.51. The van der Waals surface area contributed by atoms with Crippen LogP contribution in [0.1, 0.15) is 13.3 Å². The molecule has 0 aromatic heterocycles. The minimum atomic E-state index is 0.538. The van der Waals surface area contributed by atoms with E-state index in [9.17, 15) is 0 Å². The third kappa shape index (κ3) is 6.31. The van der Waals surface area contributed by atoms with Gasteiger partial charge in [-0.3, -0.25) is 4.99 Å². The Hall–Kier alpha value is -2.89. The quantitative estimate of drug-likeness (QED) is 0.387. The lowest BCUT2D eigenvalue weighted by Gasteiger charge is -2.21. The number of para-hydroxylation sites is 3. The number of aliphatic imine (C=N–C) groups is 1. The van der Waals surface area contributed by atoms with Crippen molar-refractivity contribution in [1.29, 1.82) is 0 Å². The molecule has 2 aromatic rings. The Morgan fingerprint density at radius 1 is 1.10 bits per heavy atom. The van der Waals surface area contributed by atoms with E-state index in [1.807, 2.05) is 42.5 Å². The first-order chi connectivity index (χ1) is 14.3. The number of hydrogen-bond donors (Lipinski definition) is 2. The van der Waals surface area contributed by atoms with E-state index in [1.165, 1.54) is 5.69 Å².